The molecular weight excluding hydrogens is 320 g/mol. The minimum absolute atomic E-state index is 0.0977. The van der Waals surface area contributed by atoms with Crippen LogP contribution in [0.15, 0.2) is 27.6 Å². The lowest BCUT2D eigenvalue weighted by molar-refractivity contribution is 0.181. The Morgan fingerprint density at radius 1 is 1.50 bits per heavy atom. The van der Waals surface area contributed by atoms with Gasteiger partial charge in [0, 0.05) is 23.8 Å². The summed E-state index contributed by atoms with van der Waals surface area (Å²) in [4.78, 5) is 0.228. The van der Waals surface area contributed by atoms with Gasteiger partial charge in [0.25, 0.3) is 0 Å². The summed E-state index contributed by atoms with van der Waals surface area (Å²) in [6, 6.07) is 4.59. The summed E-state index contributed by atoms with van der Waals surface area (Å²) >= 11 is 3.24. The lowest BCUT2D eigenvalue weighted by Gasteiger charge is -2.23. The number of nitrogens with zero attached hydrogens (tertiary/aromatic N) is 1. The predicted octanol–water partition coefficient (Wildman–Crippen LogP) is 1.44. The van der Waals surface area contributed by atoms with Crippen LogP contribution in [-0.4, -0.2) is 39.0 Å². The Balaban J connectivity index is 2.35. The average molecular weight is 335 g/mol. The predicted molar refractivity (Wildman–Crippen MR) is 72.7 cm³/mol. The molecule has 2 N–H and O–H groups in total. The number of likely N-dealkylation sites (N-methyl/N-ethyl adjacent to an activating group) is 1. The van der Waals surface area contributed by atoms with Crippen molar-refractivity contribution in [1.29, 1.82) is 0 Å². The van der Waals surface area contributed by atoms with Gasteiger partial charge in [-0.05, 0) is 40.5 Å². The molecule has 0 radical (unpaired) electrons. The van der Waals surface area contributed by atoms with E-state index >= 15 is 0 Å². The van der Waals surface area contributed by atoms with Gasteiger partial charge in [0.2, 0.25) is 10.0 Å². The van der Waals surface area contributed by atoms with Crippen LogP contribution >= 0.6 is 15.9 Å². The average Bonchev–Trinajstić information content (AvgIpc) is 2.80. The Bertz CT molecular complexity index is 541. The molecular formula is C11H15BrN2O3S. The Labute approximate surface area is 115 Å². The molecule has 1 aliphatic rings. The van der Waals surface area contributed by atoms with Crippen LogP contribution in [0.4, 0.5) is 5.69 Å². The molecule has 1 saturated heterocycles. The van der Waals surface area contributed by atoms with Gasteiger partial charge in [-0.2, -0.15) is 4.31 Å². The molecule has 0 aliphatic carbocycles. The molecule has 0 spiro atoms. The van der Waals surface area contributed by atoms with E-state index in [0.29, 0.717) is 23.4 Å². The van der Waals surface area contributed by atoms with Crippen molar-refractivity contribution in [2.24, 2.45) is 0 Å². The zero-order valence-corrected chi connectivity index (χ0v) is 12.4. The van der Waals surface area contributed by atoms with Crippen molar-refractivity contribution in [2.45, 2.75) is 17.4 Å². The lowest BCUT2D eigenvalue weighted by atomic mass is 10.3. The number of hydrogen-bond acceptors (Lipinski definition) is 4. The van der Waals surface area contributed by atoms with Gasteiger partial charge in [0.1, 0.15) is 0 Å². The fourth-order valence-corrected chi connectivity index (χ4v) is 4.31. The molecule has 5 nitrogen and oxygen atoms in total. The van der Waals surface area contributed by atoms with Gasteiger partial charge < -0.3 is 10.5 Å². The fourth-order valence-electron chi connectivity index (χ4n) is 1.89. The number of sulfonamides is 1. The molecule has 0 saturated carbocycles. The van der Waals surface area contributed by atoms with E-state index < -0.39 is 10.0 Å². The molecule has 2 rings (SSSR count). The third-order valence-electron chi connectivity index (χ3n) is 3.03. The second-order valence-corrected chi connectivity index (χ2v) is 7.05. The minimum Gasteiger partial charge on any atom is -0.399 e. The fraction of sp³-hybridized carbons (Fsp3) is 0.455. The van der Waals surface area contributed by atoms with Gasteiger partial charge in [-0.15, -0.1) is 0 Å². The van der Waals surface area contributed by atoms with Crippen LogP contribution < -0.4 is 5.73 Å². The molecule has 1 heterocycles. The van der Waals surface area contributed by atoms with E-state index in [2.05, 4.69) is 15.9 Å². The smallest absolute Gasteiger partial charge is 0.244 e. The molecule has 1 aromatic carbocycles. The highest BCUT2D eigenvalue weighted by atomic mass is 79.9. The highest BCUT2D eigenvalue weighted by Crippen LogP contribution is 2.28. The van der Waals surface area contributed by atoms with E-state index in [0.717, 1.165) is 6.42 Å². The van der Waals surface area contributed by atoms with Crippen LogP contribution in [0.1, 0.15) is 6.42 Å². The zero-order chi connectivity index (χ0) is 13.3. The van der Waals surface area contributed by atoms with Crippen LogP contribution in [0.3, 0.4) is 0 Å². The number of ether oxygens (including phenoxy) is 1. The first-order chi connectivity index (χ1) is 8.43. The van der Waals surface area contributed by atoms with E-state index in [9.17, 15) is 8.42 Å². The van der Waals surface area contributed by atoms with Crippen LogP contribution in [0.2, 0.25) is 0 Å². The second-order valence-electron chi connectivity index (χ2n) is 4.23. The minimum atomic E-state index is -3.52. The maximum atomic E-state index is 12.5. The number of anilines is 1. The van der Waals surface area contributed by atoms with Crippen molar-refractivity contribution in [1.82, 2.24) is 4.31 Å². The molecule has 1 aromatic rings. The third kappa shape index (κ3) is 2.54. The monoisotopic (exact) mass is 334 g/mol. The number of halogens is 1. The first-order valence-corrected chi connectivity index (χ1v) is 7.77. The van der Waals surface area contributed by atoms with Crippen molar-refractivity contribution in [3.05, 3.63) is 22.7 Å². The van der Waals surface area contributed by atoms with Crippen LogP contribution in [-0.2, 0) is 14.8 Å². The van der Waals surface area contributed by atoms with Crippen molar-refractivity contribution in [2.75, 3.05) is 26.0 Å². The second kappa shape index (κ2) is 5.16. The van der Waals surface area contributed by atoms with E-state index in [1.807, 2.05) is 0 Å². The summed E-state index contributed by atoms with van der Waals surface area (Å²) in [7, 11) is -1.94. The van der Waals surface area contributed by atoms with Crippen molar-refractivity contribution in [3.63, 3.8) is 0 Å². The molecule has 0 bridgehead atoms. The largest absolute Gasteiger partial charge is 0.399 e. The molecule has 7 heteroatoms. The number of nitrogen functional groups attached to an aromatic ring is 1. The van der Waals surface area contributed by atoms with Gasteiger partial charge in [0.05, 0.1) is 17.5 Å². The maximum absolute atomic E-state index is 12.5. The molecule has 1 fully saturated rings. The summed E-state index contributed by atoms with van der Waals surface area (Å²) in [6.45, 7) is 1.05. The molecule has 1 atom stereocenters. The lowest BCUT2D eigenvalue weighted by Crippen LogP contribution is -2.37. The Morgan fingerprint density at radius 2 is 2.22 bits per heavy atom. The molecule has 0 aromatic heterocycles. The van der Waals surface area contributed by atoms with Gasteiger partial charge in [-0.1, -0.05) is 0 Å². The Hall–Kier alpha value is -0.630. The molecule has 1 aliphatic heterocycles. The molecule has 100 valence electrons. The summed E-state index contributed by atoms with van der Waals surface area (Å²) in [5.74, 6) is 0. The standard InChI is InChI=1S/C11H15BrN2O3S/c1-14(9-4-5-17-7-9)18(15,16)11-3-2-8(13)6-10(11)12/h2-3,6,9H,4-5,7,13H2,1H3. The van der Waals surface area contributed by atoms with Crippen LogP contribution in [0, 0.1) is 0 Å². The van der Waals surface area contributed by atoms with Crippen molar-refractivity contribution >= 4 is 31.6 Å². The highest BCUT2D eigenvalue weighted by molar-refractivity contribution is 9.10. The summed E-state index contributed by atoms with van der Waals surface area (Å²) in [6.07, 6.45) is 0.725. The number of rotatable bonds is 3. The van der Waals surface area contributed by atoms with Gasteiger partial charge in [-0.3, -0.25) is 0 Å². The van der Waals surface area contributed by atoms with Crippen LogP contribution in [0.5, 0.6) is 0 Å². The summed E-state index contributed by atoms with van der Waals surface area (Å²) in [5.41, 5.74) is 6.13. The number of benzene rings is 1. The summed E-state index contributed by atoms with van der Waals surface area (Å²) < 4.78 is 32.0. The topological polar surface area (TPSA) is 72.6 Å². The molecule has 0 amide bonds. The van der Waals surface area contributed by atoms with Crippen molar-refractivity contribution in [3.8, 4) is 0 Å². The highest BCUT2D eigenvalue weighted by Gasteiger charge is 2.31. The van der Waals surface area contributed by atoms with E-state index in [4.69, 9.17) is 10.5 Å². The molecule has 18 heavy (non-hydrogen) atoms. The zero-order valence-electron chi connectivity index (χ0n) is 9.97. The van der Waals surface area contributed by atoms with E-state index in [1.54, 1.807) is 19.2 Å². The number of nitrogens with two attached hydrogens (primary N) is 1. The first kappa shape index (κ1) is 13.8. The van der Waals surface area contributed by atoms with Gasteiger partial charge in [-0.25, -0.2) is 8.42 Å². The third-order valence-corrected chi connectivity index (χ3v) is 5.92. The van der Waals surface area contributed by atoms with Gasteiger partial charge >= 0.3 is 0 Å². The Morgan fingerprint density at radius 3 is 2.78 bits per heavy atom. The number of hydrogen-bond donors (Lipinski definition) is 1. The molecule has 1 unspecified atom stereocenters. The van der Waals surface area contributed by atoms with Crippen LogP contribution in [0.25, 0.3) is 0 Å². The first-order valence-electron chi connectivity index (χ1n) is 5.53. The Kier molecular flexibility index (Phi) is 3.96. The summed E-state index contributed by atoms with van der Waals surface area (Å²) in [5, 5.41) is 0. The van der Waals surface area contributed by atoms with E-state index in [-0.39, 0.29) is 10.9 Å². The maximum Gasteiger partial charge on any atom is 0.244 e. The van der Waals surface area contributed by atoms with Gasteiger partial charge in [0.15, 0.2) is 0 Å². The van der Waals surface area contributed by atoms with E-state index in [1.165, 1.54) is 10.4 Å². The quantitative estimate of drug-likeness (QED) is 0.849. The SMILES string of the molecule is CN(C1CCOC1)S(=O)(=O)c1ccc(N)cc1Br. The normalized spacial score (nSPS) is 20.5. The van der Waals surface area contributed by atoms with Crippen molar-refractivity contribution < 1.29 is 13.2 Å².